The first-order valence-corrected chi connectivity index (χ1v) is 9.97. The highest BCUT2D eigenvalue weighted by Gasteiger charge is 2.40. The molecule has 4 rings (SSSR count). The van der Waals surface area contributed by atoms with Gasteiger partial charge in [-0.25, -0.2) is 9.78 Å². The molecule has 1 heterocycles. The fraction of sp³-hybridized carbons (Fsp3) is 0.526. The lowest BCUT2D eigenvalue weighted by atomic mass is 10.0. The van der Waals surface area contributed by atoms with E-state index in [0.717, 1.165) is 23.1 Å². The van der Waals surface area contributed by atoms with E-state index in [9.17, 15) is 4.79 Å². The number of rotatable bonds is 5. The quantitative estimate of drug-likeness (QED) is 0.801. The van der Waals surface area contributed by atoms with Crippen LogP contribution in [0.3, 0.4) is 0 Å². The van der Waals surface area contributed by atoms with E-state index in [4.69, 9.17) is 4.74 Å². The highest BCUT2D eigenvalue weighted by Crippen LogP contribution is 2.50. The Bertz CT molecular complexity index is 793. The molecule has 138 valence electrons. The van der Waals surface area contributed by atoms with Gasteiger partial charge in [0.25, 0.3) is 0 Å². The zero-order valence-electron chi connectivity index (χ0n) is 15.2. The molecule has 2 aliphatic rings. The minimum absolute atomic E-state index is 0.180. The van der Waals surface area contributed by atoms with Crippen molar-refractivity contribution < 1.29 is 9.53 Å². The average Bonchev–Trinajstić information content (AvgIpc) is 3.38. The Kier molecular flexibility index (Phi) is 4.89. The van der Waals surface area contributed by atoms with E-state index in [0.29, 0.717) is 17.0 Å². The topological polar surface area (TPSA) is 60.2 Å². The van der Waals surface area contributed by atoms with E-state index < -0.39 is 0 Å². The molecule has 1 aromatic heterocycles. The number of carbonyl (C=O) groups excluding carboxylic acids is 1. The Morgan fingerprint density at radius 1 is 1.38 bits per heavy atom. The Hall–Kier alpha value is -2.02. The van der Waals surface area contributed by atoms with Crippen molar-refractivity contribution in [2.45, 2.75) is 42.6 Å². The first-order valence-electron chi connectivity index (χ1n) is 9.09. The summed E-state index contributed by atoms with van der Waals surface area (Å²) in [5, 5.41) is 5.74. The molecule has 2 aliphatic carbocycles. The molecule has 2 saturated carbocycles. The number of hydrogen-bond acceptors (Lipinski definition) is 5. The number of benzene rings is 1. The van der Waals surface area contributed by atoms with Gasteiger partial charge in [0.2, 0.25) is 5.16 Å². The smallest absolute Gasteiger partial charge is 0.346 e. The second-order valence-corrected chi connectivity index (χ2v) is 8.50. The van der Waals surface area contributed by atoms with Gasteiger partial charge in [-0.05, 0) is 48.8 Å². The van der Waals surface area contributed by atoms with Crippen molar-refractivity contribution >= 4 is 17.8 Å². The minimum atomic E-state index is -0.180. The second kappa shape index (κ2) is 7.31. The van der Waals surface area contributed by atoms with Gasteiger partial charge in [-0.3, -0.25) is 0 Å². The number of ether oxygens (including phenoxy) is 1. The van der Waals surface area contributed by atoms with Crippen LogP contribution in [0.25, 0.3) is 0 Å². The summed E-state index contributed by atoms with van der Waals surface area (Å²) in [7, 11) is 3.41. The van der Waals surface area contributed by atoms with Crippen LogP contribution in [0.4, 0.5) is 4.79 Å². The molecule has 0 spiro atoms. The monoisotopic (exact) mass is 372 g/mol. The number of amides is 1. The number of fused-ring (bicyclic) bond motifs is 2. The maximum Gasteiger partial charge on any atom is 0.346 e. The molecule has 1 amide bonds. The van der Waals surface area contributed by atoms with Gasteiger partial charge >= 0.3 is 6.03 Å². The number of carbonyl (C=O) groups is 1. The van der Waals surface area contributed by atoms with Crippen molar-refractivity contribution in [2.24, 2.45) is 11.8 Å². The Labute approximate surface area is 157 Å². The molecule has 0 N–H and O–H groups in total. The summed E-state index contributed by atoms with van der Waals surface area (Å²) in [6.07, 6.45) is 6.89. The summed E-state index contributed by atoms with van der Waals surface area (Å²) in [6.45, 7) is 0.491. The molecule has 26 heavy (non-hydrogen) atoms. The van der Waals surface area contributed by atoms with Gasteiger partial charge in [0.15, 0.2) is 0 Å². The van der Waals surface area contributed by atoms with Crippen LogP contribution in [0.15, 0.2) is 35.7 Å². The third-order valence-corrected chi connectivity index (χ3v) is 6.76. The van der Waals surface area contributed by atoms with Crippen LogP contribution in [-0.4, -0.2) is 45.1 Å². The molecule has 7 heteroatoms. The van der Waals surface area contributed by atoms with Crippen LogP contribution < -0.4 is 4.74 Å². The van der Waals surface area contributed by atoms with Gasteiger partial charge < -0.3 is 9.64 Å². The van der Waals surface area contributed by atoms with Crippen LogP contribution in [-0.2, 0) is 6.54 Å². The summed E-state index contributed by atoms with van der Waals surface area (Å²) in [6, 6.07) is 7.54. The normalized spacial score (nSPS) is 24.0. The van der Waals surface area contributed by atoms with Crippen molar-refractivity contribution in [1.29, 1.82) is 0 Å². The van der Waals surface area contributed by atoms with Crippen LogP contribution in [0.2, 0.25) is 0 Å². The van der Waals surface area contributed by atoms with Gasteiger partial charge in [-0.15, -0.1) is 5.10 Å². The molecule has 2 fully saturated rings. The summed E-state index contributed by atoms with van der Waals surface area (Å²) >= 11 is 1.74. The summed E-state index contributed by atoms with van der Waals surface area (Å²) in [5.41, 5.74) is 1.01. The van der Waals surface area contributed by atoms with E-state index in [1.54, 1.807) is 30.8 Å². The van der Waals surface area contributed by atoms with Gasteiger partial charge in [-0.1, -0.05) is 30.3 Å². The maximum absolute atomic E-state index is 12.6. The van der Waals surface area contributed by atoms with Crippen molar-refractivity contribution in [3.8, 4) is 5.75 Å². The number of aromatic nitrogens is 3. The number of methoxy groups -OCH3 is 1. The molecule has 0 saturated heterocycles. The SMILES string of the molecule is COc1cccc(CN(C)C(=O)n2cnc(S[C@@H]3C[C@@H]4CC[C@@H]3C4)n2)c1. The summed E-state index contributed by atoms with van der Waals surface area (Å²) < 4.78 is 6.58. The van der Waals surface area contributed by atoms with E-state index >= 15 is 0 Å². The molecular weight excluding hydrogens is 348 g/mol. The Morgan fingerprint density at radius 3 is 3.00 bits per heavy atom. The third kappa shape index (κ3) is 3.58. The van der Waals surface area contributed by atoms with Gasteiger partial charge in [0.1, 0.15) is 12.1 Å². The van der Waals surface area contributed by atoms with Crippen LogP contribution >= 0.6 is 11.8 Å². The maximum atomic E-state index is 12.6. The highest BCUT2D eigenvalue weighted by molar-refractivity contribution is 7.99. The Morgan fingerprint density at radius 2 is 2.27 bits per heavy atom. The number of nitrogens with zero attached hydrogens (tertiary/aromatic N) is 4. The van der Waals surface area contributed by atoms with E-state index in [1.165, 1.54) is 36.7 Å². The van der Waals surface area contributed by atoms with Crippen LogP contribution in [0.1, 0.15) is 31.2 Å². The molecule has 0 unspecified atom stereocenters. The molecule has 2 bridgehead atoms. The van der Waals surface area contributed by atoms with Crippen LogP contribution in [0.5, 0.6) is 5.75 Å². The molecule has 3 atom stereocenters. The zero-order valence-corrected chi connectivity index (χ0v) is 16.0. The minimum Gasteiger partial charge on any atom is -0.497 e. The molecule has 2 aromatic rings. The fourth-order valence-corrected chi connectivity index (χ4v) is 5.47. The Balaban J connectivity index is 1.37. The van der Waals surface area contributed by atoms with Crippen LogP contribution in [0, 0.1) is 11.8 Å². The zero-order chi connectivity index (χ0) is 18.1. The van der Waals surface area contributed by atoms with Crippen molar-refractivity contribution in [3.05, 3.63) is 36.2 Å². The lowest BCUT2D eigenvalue weighted by molar-refractivity contribution is 0.205. The third-order valence-electron chi connectivity index (χ3n) is 5.48. The van der Waals surface area contributed by atoms with E-state index in [1.807, 2.05) is 24.3 Å². The average molecular weight is 372 g/mol. The standard InChI is InChI=1S/C19H24N4O2S/c1-22(11-14-4-3-5-16(9-14)25-2)19(24)23-12-20-18(21-23)26-17-10-13-6-7-15(17)8-13/h3-5,9,12-13,15,17H,6-8,10-11H2,1-2H3/t13-,15-,17-/m1/s1. The first kappa shape index (κ1) is 17.4. The van der Waals surface area contributed by atoms with E-state index in [-0.39, 0.29) is 6.03 Å². The second-order valence-electron chi connectivity index (χ2n) is 7.29. The van der Waals surface area contributed by atoms with Crippen molar-refractivity contribution in [3.63, 3.8) is 0 Å². The predicted molar refractivity (Wildman–Crippen MR) is 100 cm³/mol. The largest absolute Gasteiger partial charge is 0.497 e. The van der Waals surface area contributed by atoms with Gasteiger partial charge in [0, 0.05) is 18.8 Å². The first-order chi connectivity index (χ1) is 12.6. The highest BCUT2D eigenvalue weighted by atomic mass is 32.2. The van der Waals surface area contributed by atoms with Gasteiger partial charge in [-0.2, -0.15) is 4.68 Å². The van der Waals surface area contributed by atoms with Crippen molar-refractivity contribution in [2.75, 3.05) is 14.2 Å². The summed E-state index contributed by atoms with van der Waals surface area (Å²) in [4.78, 5) is 18.6. The fourth-order valence-electron chi connectivity index (χ4n) is 4.15. The van der Waals surface area contributed by atoms with E-state index in [2.05, 4.69) is 10.1 Å². The molecular formula is C19H24N4O2S. The predicted octanol–water partition coefficient (Wildman–Crippen LogP) is 3.67. The lowest BCUT2D eigenvalue weighted by Gasteiger charge is -2.19. The number of thioether (sulfide) groups is 1. The van der Waals surface area contributed by atoms with Crippen molar-refractivity contribution in [1.82, 2.24) is 19.7 Å². The molecule has 1 aromatic carbocycles. The van der Waals surface area contributed by atoms with Gasteiger partial charge in [0.05, 0.1) is 7.11 Å². The summed E-state index contributed by atoms with van der Waals surface area (Å²) in [5.74, 6) is 2.49. The molecule has 0 radical (unpaired) electrons. The molecule has 6 nitrogen and oxygen atoms in total. The molecule has 0 aliphatic heterocycles. The number of hydrogen-bond donors (Lipinski definition) is 0. The lowest BCUT2D eigenvalue weighted by Crippen LogP contribution is -2.31.